The summed E-state index contributed by atoms with van der Waals surface area (Å²) in [6.07, 6.45) is 4.31. The number of thioether (sulfide) groups is 1. The van der Waals surface area contributed by atoms with Crippen LogP contribution in [0.3, 0.4) is 0 Å². The standard InChI is InChI=1S/C25H25N3O3S/c1-17-22(24(30)31-2)23(28-15-6-16-32-25(28)26-17)19-10-12-20(13-11-19)27-21(29)14-9-18-7-4-3-5-8-18/h3-5,7-14,23H,6,15-16H2,1-2H3,(H,27,29)/b14-9+. The van der Waals surface area contributed by atoms with Crippen molar-refractivity contribution in [2.45, 2.75) is 19.4 Å². The van der Waals surface area contributed by atoms with E-state index >= 15 is 0 Å². The van der Waals surface area contributed by atoms with Gasteiger partial charge in [0.05, 0.1) is 24.4 Å². The van der Waals surface area contributed by atoms with Crippen LogP contribution in [0.1, 0.15) is 30.5 Å². The number of ether oxygens (including phenoxy) is 1. The van der Waals surface area contributed by atoms with E-state index in [2.05, 4.69) is 15.2 Å². The molecular formula is C25H25N3O3S. The van der Waals surface area contributed by atoms with Crippen LogP contribution in [0.25, 0.3) is 6.08 Å². The Hall–Kier alpha value is -3.32. The number of fused-ring (bicyclic) bond motifs is 1. The number of allylic oxidation sites excluding steroid dienone is 1. The maximum atomic E-state index is 12.6. The van der Waals surface area contributed by atoms with Crippen molar-refractivity contribution in [3.8, 4) is 0 Å². The number of methoxy groups -OCH3 is 1. The number of rotatable bonds is 5. The lowest BCUT2D eigenvalue weighted by atomic mass is 9.94. The number of hydrogen-bond acceptors (Lipinski definition) is 6. The lowest BCUT2D eigenvalue weighted by Gasteiger charge is -2.40. The third-order valence-corrected chi connectivity index (χ3v) is 6.46. The largest absolute Gasteiger partial charge is 0.466 e. The molecule has 32 heavy (non-hydrogen) atoms. The van der Waals surface area contributed by atoms with E-state index in [1.807, 2.05) is 61.5 Å². The Kier molecular flexibility index (Phi) is 6.75. The minimum atomic E-state index is -0.366. The normalized spacial score (nSPS) is 18.2. The smallest absolute Gasteiger partial charge is 0.338 e. The molecule has 0 radical (unpaired) electrons. The molecule has 1 atom stereocenters. The summed E-state index contributed by atoms with van der Waals surface area (Å²) < 4.78 is 5.07. The monoisotopic (exact) mass is 447 g/mol. The summed E-state index contributed by atoms with van der Waals surface area (Å²) >= 11 is 1.71. The molecule has 0 aromatic heterocycles. The lowest BCUT2D eigenvalue weighted by Crippen LogP contribution is -2.42. The van der Waals surface area contributed by atoms with Crippen molar-refractivity contribution in [2.75, 3.05) is 24.7 Å². The van der Waals surface area contributed by atoms with E-state index in [4.69, 9.17) is 4.74 Å². The summed E-state index contributed by atoms with van der Waals surface area (Å²) in [6.45, 7) is 2.68. The Labute approximate surface area is 192 Å². The van der Waals surface area contributed by atoms with Gasteiger partial charge >= 0.3 is 5.97 Å². The van der Waals surface area contributed by atoms with E-state index in [0.717, 1.165) is 35.0 Å². The molecule has 2 aliphatic rings. The maximum absolute atomic E-state index is 12.6. The number of carbonyl (C=O) groups excluding carboxylic acids is 2. The minimum Gasteiger partial charge on any atom is -0.466 e. The van der Waals surface area contributed by atoms with Crippen molar-refractivity contribution < 1.29 is 14.3 Å². The molecule has 2 aromatic carbocycles. The summed E-state index contributed by atoms with van der Waals surface area (Å²) in [6, 6.07) is 17.0. The van der Waals surface area contributed by atoms with Crippen molar-refractivity contribution in [2.24, 2.45) is 4.99 Å². The van der Waals surface area contributed by atoms with Crippen LogP contribution in [0.2, 0.25) is 0 Å². The topological polar surface area (TPSA) is 71.0 Å². The Bertz CT molecular complexity index is 1090. The van der Waals surface area contributed by atoms with E-state index in [-0.39, 0.29) is 17.9 Å². The molecule has 164 valence electrons. The van der Waals surface area contributed by atoms with Gasteiger partial charge in [-0.25, -0.2) is 9.79 Å². The molecule has 2 aromatic rings. The van der Waals surface area contributed by atoms with Gasteiger partial charge in [-0.2, -0.15) is 0 Å². The Balaban J connectivity index is 1.54. The van der Waals surface area contributed by atoms with Crippen LogP contribution < -0.4 is 5.32 Å². The quantitative estimate of drug-likeness (QED) is 0.534. The molecule has 1 amide bonds. The molecule has 0 aliphatic carbocycles. The molecule has 7 heteroatoms. The number of aliphatic imine (C=N–C) groups is 1. The second kappa shape index (κ2) is 9.87. The average molecular weight is 448 g/mol. The average Bonchev–Trinajstić information content (AvgIpc) is 2.82. The molecule has 0 bridgehead atoms. The molecule has 0 saturated carbocycles. The Morgan fingerprint density at radius 3 is 2.62 bits per heavy atom. The first-order valence-electron chi connectivity index (χ1n) is 10.5. The van der Waals surface area contributed by atoms with Gasteiger partial charge in [-0.05, 0) is 42.7 Å². The van der Waals surface area contributed by atoms with Crippen LogP contribution in [-0.2, 0) is 14.3 Å². The highest BCUT2D eigenvalue weighted by atomic mass is 32.2. The van der Waals surface area contributed by atoms with Crippen molar-refractivity contribution in [3.63, 3.8) is 0 Å². The summed E-state index contributed by atoms with van der Waals surface area (Å²) in [5, 5.41) is 3.82. The number of esters is 1. The Morgan fingerprint density at radius 2 is 1.91 bits per heavy atom. The summed E-state index contributed by atoms with van der Waals surface area (Å²) in [7, 11) is 1.39. The number of amidine groups is 1. The number of benzene rings is 2. The second-order valence-electron chi connectivity index (χ2n) is 7.54. The van der Waals surface area contributed by atoms with E-state index in [0.29, 0.717) is 17.0 Å². The first-order chi connectivity index (χ1) is 15.6. The highest BCUT2D eigenvalue weighted by Crippen LogP contribution is 2.40. The predicted octanol–water partition coefficient (Wildman–Crippen LogP) is 4.64. The number of hydrogen-bond donors (Lipinski definition) is 1. The number of nitrogens with zero attached hydrogens (tertiary/aromatic N) is 2. The summed E-state index contributed by atoms with van der Waals surface area (Å²) in [5.41, 5.74) is 3.85. The minimum absolute atomic E-state index is 0.202. The first kappa shape index (κ1) is 21.9. The van der Waals surface area contributed by atoms with E-state index in [1.54, 1.807) is 17.8 Å². The van der Waals surface area contributed by atoms with Crippen LogP contribution in [0, 0.1) is 0 Å². The third-order valence-electron chi connectivity index (χ3n) is 5.38. The summed E-state index contributed by atoms with van der Waals surface area (Å²) in [5.74, 6) is 0.450. The van der Waals surface area contributed by atoms with Gasteiger partial charge in [-0.1, -0.05) is 54.2 Å². The van der Waals surface area contributed by atoms with Crippen LogP contribution in [0.15, 0.2) is 76.9 Å². The molecular weight excluding hydrogens is 422 g/mol. The molecule has 1 fully saturated rings. The first-order valence-corrected chi connectivity index (χ1v) is 11.5. The predicted molar refractivity (Wildman–Crippen MR) is 129 cm³/mol. The molecule has 6 nitrogen and oxygen atoms in total. The molecule has 2 heterocycles. The van der Waals surface area contributed by atoms with Gasteiger partial charge in [0.1, 0.15) is 0 Å². The molecule has 1 saturated heterocycles. The third kappa shape index (κ3) is 4.78. The number of amides is 1. The Morgan fingerprint density at radius 1 is 1.16 bits per heavy atom. The van der Waals surface area contributed by atoms with Crippen LogP contribution in [0.4, 0.5) is 5.69 Å². The fraction of sp³-hybridized carbons (Fsp3) is 0.240. The van der Waals surface area contributed by atoms with Crippen molar-refractivity contribution in [1.82, 2.24) is 4.90 Å². The van der Waals surface area contributed by atoms with Gasteiger partial charge in [-0.3, -0.25) is 4.79 Å². The zero-order valence-electron chi connectivity index (χ0n) is 18.1. The number of carbonyl (C=O) groups is 2. The zero-order chi connectivity index (χ0) is 22.5. The van der Waals surface area contributed by atoms with Crippen molar-refractivity contribution >= 4 is 40.6 Å². The van der Waals surface area contributed by atoms with E-state index < -0.39 is 0 Å². The van der Waals surface area contributed by atoms with E-state index in [9.17, 15) is 9.59 Å². The van der Waals surface area contributed by atoms with Gasteiger partial charge in [-0.15, -0.1) is 0 Å². The van der Waals surface area contributed by atoms with Crippen LogP contribution in [-0.4, -0.2) is 41.4 Å². The summed E-state index contributed by atoms with van der Waals surface area (Å²) in [4.78, 5) is 31.7. The van der Waals surface area contributed by atoms with Gasteiger partial charge in [0, 0.05) is 24.1 Å². The maximum Gasteiger partial charge on any atom is 0.338 e. The van der Waals surface area contributed by atoms with Crippen LogP contribution >= 0.6 is 11.8 Å². The highest BCUT2D eigenvalue weighted by Gasteiger charge is 2.37. The number of anilines is 1. The second-order valence-corrected chi connectivity index (χ2v) is 8.60. The van der Waals surface area contributed by atoms with Gasteiger partial charge in [0.25, 0.3) is 0 Å². The fourth-order valence-corrected chi connectivity index (χ4v) is 4.87. The van der Waals surface area contributed by atoms with Crippen molar-refractivity contribution in [1.29, 1.82) is 0 Å². The SMILES string of the molecule is COC(=O)C1=C(C)N=C2SCCCN2C1c1ccc(NC(=O)/C=C/c2ccccc2)cc1. The molecule has 4 rings (SSSR count). The van der Waals surface area contributed by atoms with Crippen molar-refractivity contribution in [3.05, 3.63) is 83.1 Å². The van der Waals surface area contributed by atoms with Crippen LogP contribution in [0.5, 0.6) is 0 Å². The fourth-order valence-electron chi connectivity index (χ4n) is 3.85. The molecule has 0 spiro atoms. The van der Waals surface area contributed by atoms with Gasteiger partial charge in [0.2, 0.25) is 5.91 Å². The zero-order valence-corrected chi connectivity index (χ0v) is 18.9. The molecule has 1 unspecified atom stereocenters. The highest BCUT2D eigenvalue weighted by molar-refractivity contribution is 8.13. The molecule has 2 aliphatic heterocycles. The van der Waals surface area contributed by atoms with Gasteiger partial charge < -0.3 is 15.0 Å². The lowest BCUT2D eigenvalue weighted by molar-refractivity contribution is -0.137. The van der Waals surface area contributed by atoms with E-state index in [1.165, 1.54) is 13.2 Å². The number of nitrogens with one attached hydrogen (secondary N) is 1. The van der Waals surface area contributed by atoms with Gasteiger partial charge in [0.15, 0.2) is 5.17 Å². The molecule has 1 N–H and O–H groups in total.